The molecule has 2 heterocycles. The van der Waals surface area contributed by atoms with Gasteiger partial charge in [0.15, 0.2) is 0 Å². The van der Waals surface area contributed by atoms with E-state index in [4.69, 9.17) is 4.74 Å². The first kappa shape index (κ1) is 14.0. The Bertz CT molecular complexity index is 585. The van der Waals surface area contributed by atoms with Crippen molar-refractivity contribution in [2.75, 3.05) is 30.4 Å². The van der Waals surface area contributed by atoms with Crippen LogP contribution < -0.4 is 16.0 Å². The van der Waals surface area contributed by atoms with Crippen LogP contribution in [0.15, 0.2) is 12.1 Å². The largest absolute Gasteiger partial charge is 0.378 e. The van der Waals surface area contributed by atoms with Gasteiger partial charge >= 0.3 is 0 Å². The van der Waals surface area contributed by atoms with E-state index in [9.17, 15) is 14.0 Å². The number of fused-ring (bicyclic) bond motifs is 1. The molecular weight excluding hydrogens is 277 g/mol. The lowest BCUT2D eigenvalue weighted by Crippen LogP contribution is -2.48. The van der Waals surface area contributed by atoms with Crippen molar-refractivity contribution in [3.05, 3.63) is 23.5 Å². The predicted octanol–water partition coefficient (Wildman–Crippen LogP) is 0.637. The Morgan fingerprint density at radius 1 is 1.38 bits per heavy atom. The number of anilines is 2. The van der Waals surface area contributed by atoms with Gasteiger partial charge in [0, 0.05) is 18.7 Å². The number of aryl methyl sites for hydroxylation is 1. The monoisotopic (exact) mass is 293 g/mol. The Balaban J connectivity index is 1.77. The van der Waals surface area contributed by atoms with Gasteiger partial charge < -0.3 is 20.7 Å². The van der Waals surface area contributed by atoms with Gasteiger partial charge in [0.2, 0.25) is 11.8 Å². The molecule has 1 fully saturated rings. The van der Waals surface area contributed by atoms with Crippen molar-refractivity contribution in [2.45, 2.75) is 18.9 Å². The number of rotatable bonds is 2. The summed E-state index contributed by atoms with van der Waals surface area (Å²) in [6, 6.07) is 2.32. The molecule has 1 unspecified atom stereocenters. The number of carbonyl (C=O) groups excluding carboxylic acids is 2. The summed E-state index contributed by atoms with van der Waals surface area (Å²) in [6.45, 7) is 1.40. The zero-order chi connectivity index (χ0) is 14.8. The topological polar surface area (TPSA) is 79.5 Å². The molecule has 0 aromatic heterocycles. The van der Waals surface area contributed by atoms with Gasteiger partial charge in [0.25, 0.3) is 0 Å². The number of halogens is 1. The Labute approximate surface area is 121 Å². The molecule has 2 aliphatic rings. The lowest BCUT2D eigenvalue weighted by Gasteiger charge is -2.23. The van der Waals surface area contributed by atoms with Crippen molar-refractivity contribution in [3.8, 4) is 0 Å². The lowest BCUT2D eigenvalue weighted by molar-refractivity contribution is -0.120. The number of ether oxygens (including phenoxy) is 1. The summed E-state index contributed by atoms with van der Waals surface area (Å²) in [5.41, 5.74) is 1.35. The second-order valence-corrected chi connectivity index (χ2v) is 5.11. The average Bonchev–Trinajstić information content (AvgIpc) is 2.49. The van der Waals surface area contributed by atoms with E-state index in [1.165, 1.54) is 12.1 Å². The number of benzene rings is 1. The summed E-state index contributed by atoms with van der Waals surface area (Å²) in [4.78, 5) is 23.4. The normalized spacial score (nSPS) is 21.4. The molecule has 1 aromatic carbocycles. The standard InChI is InChI=1S/C14H16FN3O3/c15-9-5-8-1-2-13(19)17-10(8)6-11(9)18-14(20)12-7-21-4-3-16-12/h5-6,12,16H,1-4,7H2,(H,17,19)(H,18,20). The zero-order valence-corrected chi connectivity index (χ0v) is 11.4. The first-order chi connectivity index (χ1) is 10.1. The highest BCUT2D eigenvalue weighted by atomic mass is 19.1. The number of carbonyl (C=O) groups is 2. The van der Waals surface area contributed by atoms with Crippen LogP contribution in [0.3, 0.4) is 0 Å². The Morgan fingerprint density at radius 2 is 2.24 bits per heavy atom. The molecule has 7 heteroatoms. The van der Waals surface area contributed by atoms with Gasteiger partial charge in [0.1, 0.15) is 11.9 Å². The Hall–Kier alpha value is -1.99. The van der Waals surface area contributed by atoms with E-state index >= 15 is 0 Å². The summed E-state index contributed by atoms with van der Waals surface area (Å²) in [5, 5.41) is 8.22. The molecule has 112 valence electrons. The van der Waals surface area contributed by atoms with Crippen molar-refractivity contribution in [2.24, 2.45) is 0 Å². The molecule has 1 atom stereocenters. The Morgan fingerprint density at radius 3 is 3.00 bits per heavy atom. The van der Waals surface area contributed by atoms with E-state index in [-0.39, 0.29) is 24.1 Å². The summed E-state index contributed by atoms with van der Waals surface area (Å²) < 4.78 is 19.2. The molecule has 0 bridgehead atoms. The Kier molecular flexibility index (Phi) is 3.85. The fourth-order valence-corrected chi connectivity index (χ4v) is 2.45. The van der Waals surface area contributed by atoms with Crippen LogP contribution in [-0.2, 0) is 20.7 Å². The van der Waals surface area contributed by atoms with E-state index in [1.54, 1.807) is 0 Å². The van der Waals surface area contributed by atoms with Crippen LogP contribution in [0.1, 0.15) is 12.0 Å². The second kappa shape index (κ2) is 5.79. The van der Waals surface area contributed by atoms with E-state index in [0.29, 0.717) is 31.7 Å². The van der Waals surface area contributed by atoms with Crippen LogP contribution in [0.25, 0.3) is 0 Å². The third-order valence-corrected chi connectivity index (χ3v) is 3.58. The van der Waals surface area contributed by atoms with E-state index in [0.717, 1.165) is 5.56 Å². The second-order valence-electron chi connectivity index (χ2n) is 5.11. The highest BCUT2D eigenvalue weighted by molar-refractivity contribution is 5.98. The van der Waals surface area contributed by atoms with Gasteiger partial charge in [0.05, 0.1) is 18.9 Å². The molecule has 2 aliphatic heterocycles. The maximum Gasteiger partial charge on any atom is 0.243 e. The molecule has 1 saturated heterocycles. The van der Waals surface area contributed by atoms with E-state index in [2.05, 4.69) is 16.0 Å². The number of nitrogens with one attached hydrogen (secondary N) is 3. The van der Waals surface area contributed by atoms with Crippen LogP contribution in [0, 0.1) is 5.82 Å². The molecule has 0 radical (unpaired) electrons. The highest BCUT2D eigenvalue weighted by Crippen LogP contribution is 2.28. The molecular formula is C14H16FN3O3. The average molecular weight is 293 g/mol. The molecule has 0 spiro atoms. The number of hydrogen-bond acceptors (Lipinski definition) is 4. The quantitative estimate of drug-likeness (QED) is 0.747. The molecule has 1 aromatic rings. The van der Waals surface area contributed by atoms with Gasteiger partial charge in [-0.05, 0) is 24.1 Å². The first-order valence-electron chi connectivity index (χ1n) is 6.88. The number of morpholine rings is 1. The summed E-state index contributed by atoms with van der Waals surface area (Å²) >= 11 is 0. The maximum atomic E-state index is 14.0. The third kappa shape index (κ3) is 3.03. The highest BCUT2D eigenvalue weighted by Gasteiger charge is 2.23. The molecule has 3 N–H and O–H groups in total. The van der Waals surface area contributed by atoms with Crippen molar-refractivity contribution in [1.29, 1.82) is 0 Å². The first-order valence-corrected chi connectivity index (χ1v) is 6.88. The minimum absolute atomic E-state index is 0.0633. The summed E-state index contributed by atoms with van der Waals surface area (Å²) in [7, 11) is 0. The molecule has 0 saturated carbocycles. The third-order valence-electron chi connectivity index (χ3n) is 3.58. The molecule has 2 amide bonds. The number of amides is 2. The van der Waals surface area contributed by atoms with Gasteiger partial charge in [-0.25, -0.2) is 4.39 Å². The number of hydrogen-bond donors (Lipinski definition) is 3. The van der Waals surface area contributed by atoms with Gasteiger partial charge in [-0.15, -0.1) is 0 Å². The molecule has 3 rings (SSSR count). The van der Waals surface area contributed by atoms with E-state index in [1.807, 2.05) is 0 Å². The summed E-state index contributed by atoms with van der Waals surface area (Å²) in [6.07, 6.45) is 0.853. The smallest absolute Gasteiger partial charge is 0.243 e. The minimum Gasteiger partial charge on any atom is -0.378 e. The fraction of sp³-hybridized carbons (Fsp3) is 0.429. The van der Waals surface area contributed by atoms with Crippen molar-refractivity contribution in [3.63, 3.8) is 0 Å². The van der Waals surface area contributed by atoms with Gasteiger partial charge in [-0.3, -0.25) is 9.59 Å². The molecule has 21 heavy (non-hydrogen) atoms. The minimum atomic E-state index is -0.505. The zero-order valence-electron chi connectivity index (χ0n) is 11.4. The SMILES string of the molecule is O=C1CCc2cc(F)c(NC(=O)C3COCCN3)cc2N1. The van der Waals surface area contributed by atoms with Gasteiger partial charge in [-0.2, -0.15) is 0 Å². The maximum absolute atomic E-state index is 14.0. The van der Waals surface area contributed by atoms with Crippen molar-refractivity contribution in [1.82, 2.24) is 5.32 Å². The van der Waals surface area contributed by atoms with Crippen LogP contribution in [-0.4, -0.2) is 37.6 Å². The fourth-order valence-electron chi connectivity index (χ4n) is 2.45. The lowest BCUT2D eigenvalue weighted by atomic mass is 10.0. The van der Waals surface area contributed by atoms with Crippen LogP contribution in [0.5, 0.6) is 0 Å². The van der Waals surface area contributed by atoms with Gasteiger partial charge in [-0.1, -0.05) is 0 Å². The van der Waals surface area contributed by atoms with Crippen molar-refractivity contribution < 1.29 is 18.7 Å². The predicted molar refractivity (Wildman–Crippen MR) is 74.6 cm³/mol. The van der Waals surface area contributed by atoms with Crippen LogP contribution >= 0.6 is 0 Å². The van der Waals surface area contributed by atoms with E-state index < -0.39 is 11.9 Å². The van der Waals surface area contributed by atoms with Crippen molar-refractivity contribution >= 4 is 23.2 Å². The molecule has 6 nitrogen and oxygen atoms in total. The molecule has 0 aliphatic carbocycles. The summed E-state index contributed by atoms with van der Waals surface area (Å²) in [5.74, 6) is -0.959. The van der Waals surface area contributed by atoms with Crippen LogP contribution in [0.4, 0.5) is 15.8 Å². The van der Waals surface area contributed by atoms with Crippen LogP contribution in [0.2, 0.25) is 0 Å².